The minimum absolute atomic E-state index is 0.113. The number of hydrogen-bond acceptors (Lipinski definition) is 5. The molecule has 0 unspecified atom stereocenters. The van der Waals surface area contributed by atoms with Crippen LogP contribution in [0.15, 0.2) is 52.3 Å². The summed E-state index contributed by atoms with van der Waals surface area (Å²) < 4.78 is 19.8. The van der Waals surface area contributed by atoms with Gasteiger partial charge in [-0.05, 0) is 54.2 Å². The van der Waals surface area contributed by atoms with Crippen molar-refractivity contribution in [1.82, 2.24) is 18.9 Å². The SMILES string of the molecule is O=c1[nH]sc2c1c(=O)c1cc(F)c(-c3ccc4nccnc4c3)cc1n2C1CC1. The predicted octanol–water partition coefficient (Wildman–Crippen LogP) is 3.99. The second-order valence-electron chi connectivity index (χ2n) is 7.25. The van der Waals surface area contributed by atoms with Crippen LogP contribution >= 0.6 is 11.5 Å². The van der Waals surface area contributed by atoms with Crippen LogP contribution in [-0.4, -0.2) is 18.9 Å². The average Bonchev–Trinajstić information content (AvgIpc) is 3.50. The maximum absolute atomic E-state index is 15.1. The second kappa shape index (κ2) is 5.81. The molecule has 8 heteroatoms. The molecule has 0 bridgehead atoms. The van der Waals surface area contributed by atoms with E-state index in [0.29, 0.717) is 27.0 Å². The van der Waals surface area contributed by atoms with Crippen molar-refractivity contribution in [3.63, 3.8) is 0 Å². The first kappa shape index (κ1) is 16.6. The van der Waals surface area contributed by atoms with Crippen LogP contribution in [0.3, 0.4) is 0 Å². The van der Waals surface area contributed by atoms with E-state index in [4.69, 9.17) is 0 Å². The lowest BCUT2D eigenvalue weighted by molar-refractivity contribution is 0.632. The quantitative estimate of drug-likeness (QED) is 0.482. The molecule has 2 aromatic carbocycles. The summed E-state index contributed by atoms with van der Waals surface area (Å²) in [5, 5.41) is 0.345. The van der Waals surface area contributed by atoms with Crippen LogP contribution in [0.4, 0.5) is 4.39 Å². The van der Waals surface area contributed by atoms with Crippen molar-refractivity contribution in [2.24, 2.45) is 0 Å². The highest BCUT2D eigenvalue weighted by atomic mass is 32.1. The third-order valence-electron chi connectivity index (χ3n) is 5.41. The Morgan fingerprint density at radius 3 is 2.66 bits per heavy atom. The number of aromatic nitrogens is 4. The molecular weight excluding hydrogens is 391 g/mol. The maximum Gasteiger partial charge on any atom is 0.271 e. The van der Waals surface area contributed by atoms with Crippen LogP contribution in [-0.2, 0) is 0 Å². The Morgan fingerprint density at radius 2 is 1.86 bits per heavy atom. The zero-order valence-electron chi connectivity index (χ0n) is 15.0. The van der Waals surface area contributed by atoms with E-state index in [1.807, 2.05) is 4.57 Å². The molecule has 29 heavy (non-hydrogen) atoms. The predicted molar refractivity (Wildman–Crippen MR) is 111 cm³/mol. The Kier molecular flexibility index (Phi) is 3.31. The Labute approximate surface area is 166 Å². The molecule has 0 atom stereocenters. The van der Waals surface area contributed by atoms with Crippen molar-refractivity contribution in [2.75, 3.05) is 0 Å². The Morgan fingerprint density at radius 1 is 1.07 bits per heavy atom. The van der Waals surface area contributed by atoms with Gasteiger partial charge in [0.05, 0.1) is 16.6 Å². The Balaban J connectivity index is 1.71. The van der Waals surface area contributed by atoms with Gasteiger partial charge in [0.15, 0.2) is 0 Å². The highest BCUT2D eigenvalue weighted by Gasteiger charge is 2.29. The molecule has 0 radical (unpaired) electrons. The summed E-state index contributed by atoms with van der Waals surface area (Å²) in [7, 11) is 0. The van der Waals surface area contributed by atoms with Crippen molar-refractivity contribution in [1.29, 1.82) is 0 Å². The van der Waals surface area contributed by atoms with Gasteiger partial charge in [-0.15, -0.1) is 0 Å². The third kappa shape index (κ3) is 2.39. The first-order valence-electron chi connectivity index (χ1n) is 9.22. The standard InChI is InChI=1S/C21H13FN4O2S/c22-14-8-13-17(9-12(14)10-1-4-15-16(7-10)24-6-5-23-15)26(11-2-3-11)21-18(19(13)27)20(28)25-29-21/h1,4-9,11H,2-3H2,(H,25,28). The minimum Gasteiger partial charge on any atom is -0.328 e. The highest BCUT2D eigenvalue weighted by molar-refractivity contribution is 7.12. The van der Waals surface area contributed by atoms with Crippen LogP contribution in [0.2, 0.25) is 0 Å². The summed E-state index contributed by atoms with van der Waals surface area (Å²) >= 11 is 1.16. The topological polar surface area (TPSA) is 80.6 Å². The molecule has 3 aromatic heterocycles. The summed E-state index contributed by atoms with van der Waals surface area (Å²) in [4.78, 5) is 34.3. The van der Waals surface area contributed by atoms with E-state index in [1.165, 1.54) is 6.07 Å². The number of pyridine rings is 1. The molecule has 6 rings (SSSR count). The number of rotatable bonds is 2. The highest BCUT2D eigenvalue weighted by Crippen LogP contribution is 2.40. The molecule has 0 saturated heterocycles. The van der Waals surface area contributed by atoms with Crippen molar-refractivity contribution in [3.8, 4) is 11.1 Å². The molecule has 1 saturated carbocycles. The van der Waals surface area contributed by atoms with E-state index in [9.17, 15) is 9.59 Å². The minimum atomic E-state index is -0.508. The van der Waals surface area contributed by atoms with Crippen molar-refractivity contribution < 1.29 is 4.39 Å². The lowest BCUT2D eigenvalue weighted by Gasteiger charge is -2.13. The van der Waals surface area contributed by atoms with Crippen LogP contribution in [0.5, 0.6) is 0 Å². The van der Waals surface area contributed by atoms with Crippen molar-refractivity contribution >= 4 is 43.7 Å². The first-order valence-corrected chi connectivity index (χ1v) is 10.0. The van der Waals surface area contributed by atoms with Crippen LogP contribution < -0.4 is 11.0 Å². The van der Waals surface area contributed by atoms with Crippen molar-refractivity contribution in [2.45, 2.75) is 18.9 Å². The fourth-order valence-corrected chi connectivity index (χ4v) is 4.82. The van der Waals surface area contributed by atoms with Gasteiger partial charge in [-0.25, -0.2) is 4.39 Å². The summed E-state index contributed by atoms with van der Waals surface area (Å²) in [6.45, 7) is 0. The zero-order valence-corrected chi connectivity index (χ0v) is 15.8. The number of nitrogens with zero attached hydrogens (tertiary/aromatic N) is 3. The summed E-state index contributed by atoms with van der Waals surface area (Å²) in [6.07, 6.45) is 5.15. The molecule has 3 heterocycles. The number of H-pyrrole nitrogens is 1. The summed E-state index contributed by atoms with van der Waals surface area (Å²) in [5.41, 5.74) is 2.26. The summed E-state index contributed by atoms with van der Waals surface area (Å²) in [5.74, 6) is -0.508. The van der Waals surface area contributed by atoms with E-state index in [0.717, 1.165) is 29.9 Å². The molecule has 0 spiro atoms. The van der Waals surface area contributed by atoms with E-state index in [1.54, 1.807) is 36.7 Å². The molecular formula is C21H13FN4O2S. The van der Waals surface area contributed by atoms with Crippen LogP contribution in [0, 0.1) is 5.82 Å². The van der Waals surface area contributed by atoms with Gasteiger partial charge in [0, 0.05) is 29.4 Å². The van der Waals surface area contributed by atoms with Crippen LogP contribution in [0.1, 0.15) is 18.9 Å². The van der Waals surface area contributed by atoms with Gasteiger partial charge < -0.3 is 4.57 Å². The van der Waals surface area contributed by atoms with Gasteiger partial charge in [-0.3, -0.25) is 23.9 Å². The van der Waals surface area contributed by atoms with Gasteiger partial charge in [0.25, 0.3) is 5.56 Å². The van der Waals surface area contributed by atoms with Crippen LogP contribution in [0.25, 0.3) is 43.3 Å². The largest absolute Gasteiger partial charge is 0.328 e. The Bertz CT molecular complexity index is 1580. The molecule has 1 N–H and O–H groups in total. The fraction of sp³-hybridized carbons (Fsp3) is 0.143. The molecule has 6 nitrogen and oxygen atoms in total. The zero-order chi connectivity index (χ0) is 19.7. The number of halogens is 1. The van der Waals surface area contributed by atoms with Gasteiger partial charge in [-0.1, -0.05) is 6.07 Å². The number of aromatic amines is 1. The normalized spacial score (nSPS) is 14.2. The lowest BCUT2D eigenvalue weighted by atomic mass is 10.0. The number of hydrogen-bond donors (Lipinski definition) is 1. The van der Waals surface area contributed by atoms with Crippen molar-refractivity contribution in [3.05, 3.63) is 69.1 Å². The summed E-state index contributed by atoms with van der Waals surface area (Å²) in [6, 6.07) is 8.58. The molecule has 1 aliphatic rings. The molecule has 0 amide bonds. The van der Waals surface area contributed by atoms with Gasteiger partial charge in [-0.2, -0.15) is 0 Å². The number of fused-ring (bicyclic) bond motifs is 3. The average molecular weight is 404 g/mol. The van der Waals surface area contributed by atoms with E-state index < -0.39 is 16.8 Å². The maximum atomic E-state index is 15.1. The monoisotopic (exact) mass is 404 g/mol. The van der Waals surface area contributed by atoms with Gasteiger partial charge in [0.2, 0.25) is 5.43 Å². The lowest BCUT2D eigenvalue weighted by Crippen LogP contribution is -2.15. The van der Waals surface area contributed by atoms with E-state index >= 15 is 4.39 Å². The second-order valence-corrected chi connectivity index (χ2v) is 8.05. The first-order chi connectivity index (χ1) is 14.1. The smallest absolute Gasteiger partial charge is 0.271 e. The number of benzene rings is 2. The Hall–Kier alpha value is -3.39. The van der Waals surface area contributed by atoms with E-state index in [-0.39, 0.29) is 16.8 Å². The molecule has 5 aromatic rings. The fourth-order valence-electron chi connectivity index (χ4n) is 3.90. The number of nitrogens with one attached hydrogen (secondary N) is 1. The molecule has 142 valence electrons. The molecule has 1 fully saturated rings. The molecule has 0 aliphatic heterocycles. The molecule has 1 aliphatic carbocycles. The van der Waals surface area contributed by atoms with Gasteiger partial charge >= 0.3 is 0 Å². The third-order valence-corrected chi connectivity index (χ3v) is 6.29. The van der Waals surface area contributed by atoms with Gasteiger partial charge in [0.1, 0.15) is 16.0 Å². The van der Waals surface area contributed by atoms with E-state index in [2.05, 4.69) is 14.3 Å².